The van der Waals surface area contributed by atoms with Gasteiger partial charge in [0.15, 0.2) is 17.3 Å². The molecule has 2 aromatic rings. The summed E-state index contributed by atoms with van der Waals surface area (Å²) in [6.07, 6.45) is 2.55. The molecule has 0 radical (unpaired) electrons. The molecule has 2 aliphatic heterocycles. The lowest BCUT2D eigenvalue weighted by Gasteiger charge is -2.18. The van der Waals surface area contributed by atoms with Crippen LogP contribution in [0.4, 0.5) is 5.82 Å². The van der Waals surface area contributed by atoms with E-state index in [2.05, 4.69) is 15.0 Å². The summed E-state index contributed by atoms with van der Waals surface area (Å²) in [4.78, 5) is 26.1. The summed E-state index contributed by atoms with van der Waals surface area (Å²) in [7, 11) is 1.60. The van der Waals surface area contributed by atoms with Crippen molar-refractivity contribution in [1.82, 2.24) is 10.1 Å². The number of hydrogen-bond donors (Lipinski definition) is 1. The van der Waals surface area contributed by atoms with E-state index in [0.717, 1.165) is 12.0 Å². The highest BCUT2D eigenvalue weighted by molar-refractivity contribution is 5.94. The van der Waals surface area contributed by atoms with Gasteiger partial charge < -0.3 is 29.0 Å². The minimum Gasteiger partial charge on any atom is -0.493 e. The number of amides is 2. The van der Waals surface area contributed by atoms with Crippen LogP contribution in [0.3, 0.4) is 0 Å². The summed E-state index contributed by atoms with van der Waals surface area (Å²) >= 11 is 0. The molecule has 0 spiro atoms. The molecule has 1 aromatic heterocycles. The predicted molar refractivity (Wildman–Crippen MR) is 102 cm³/mol. The molecule has 2 aliphatic rings. The second-order valence-corrected chi connectivity index (χ2v) is 7.12. The molecule has 2 unspecified atom stereocenters. The van der Waals surface area contributed by atoms with E-state index in [9.17, 15) is 9.59 Å². The summed E-state index contributed by atoms with van der Waals surface area (Å²) in [6, 6.07) is 7.26. The van der Waals surface area contributed by atoms with Crippen molar-refractivity contribution >= 4 is 17.6 Å². The molecule has 2 atom stereocenters. The van der Waals surface area contributed by atoms with Crippen molar-refractivity contribution < 1.29 is 28.3 Å². The number of nitrogens with one attached hydrogen (secondary N) is 1. The summed E-state index contributed by atoms with van der Waals surface area (Å²) < 4.78 is 21.5. The van der Waals surface area contributed by atoms with Crippen LogP contribution in [0.5, 0.6) is 11.5 Å². The van der Waals surface area contributed by atoms with E-state index in [0.29, 0.717) is 43.5 Å². The van der Waals surface area contributed by atoms with E-state index in [-0.39, 0.29) is 30.4 Å². The van der Waals surface area contributed by atoms with Gasteiger partial charge in [-0.05, 0) is 17.7 Å². The van der Waals surface area contributed by atoms with Gasteiger partial charge in [0.05, 0.1) is 26.9 Å². The van der Waals surface area contributed by atoms with Crippen molar-refractivity contribution in [3.63, 3.8) is 0 Å². The highest BCUT2D eigenvalue weighted by atomic mass is 16.6. The predicted octanol–water partition coefficient (Wildman–Crippen LogP) is 1.81. The lowest BCUT2D eigenvalue weighted by molar-refractivity contribution is -0.131. The van der Waals surface area contributed by atoms with Crippen molar-refractivity contribution in [3.05, 3.63) is 36.1 Å². The number of carbonyl (C=O) groups excluding carboxylic acids is 2. The maximum atomic E-state index is 12.4. The first-order valence-corrected chi connectivity index (χ1v) is 9.52. The van der Waals surface area contributed by atoms with Gasteiger partial charge in [-0.1, -0.05) is 11.2 Å². The first-order valence-electron chi connectivity index (χ1n) is 9.52. The van der Waals surface area contributed by atoms with Gasteiger partial charge in [-0.2, -0.15) is 0 Å². The molecule has 2 fully saturated rings. The van der Waals surface area contributed by atoms with Crippen LogP contribution in [0.15, 0.2) is 35.1 Å². The third-order valence-corrected chi connectivity index (χ3v) is 5.09. The lowest BCUT2D eigenvalue weighted by Crippen LogP contribution is -2.34. The molecular formula is C20H23N3O6. The van der Waals surface area contributed by atoms with Crippen LogP contribution in [0.1, 0.15) is 24.3 Å². The van der Waals surface area contributed by atoms with E-state index in [4.69, 9.17) is 14.2 Å². The highest BCUT2D eigenvalue weighted by Gasteiger charge is 2.32. The van der Waals surface area contributed by atoms with Crippen molar-refractivity contribution in [2.45, 2.75) is 24.9 Å². The maximum Gasteiger partial charge on any atom is 0.245 e. The monoisotopic (exact) mass is 401 g/mol. The quantitative estimate of drug-likeness (QED) is 0.755. The number of benzene rings is 1. The average molecular weight is 401 g/mol. The zero-order chi connectivity index (χ0) is 20.2. The van der Waals surface area contributed by atoms with Crippen LogP contribution in [-0.4, -0.2) is 61.4 Å². The van der Waals surface area contributed by atoms with Gasteiger partial charge in [-0.3, -0.25) is 9.59 Å². The standard InChI is InChI=1S/C20H23N3O6/c1-26-16-3-2-13(8-17(16)29-15-4-6-27-12-15)14-9-20(25)23(10-14)11-19(24)21-18-5-7-28-22-18/h2-3,5,7-8,14-15H,4,6,9-12H2,1H3,(H,21,22,24). The van der Waals surface area contributed by atoms with E-state index >= 15 is 0 Å². The van der Waals surface area contributed by atoms with Gasteiger partial charge >= 0.3 is 0 Å². The molecule has 2 amide bonds. The molecule has 0 saturated carbocycles. The molecule has 0 bridgehead atoms. The third kappa shape index (κ3) is 4.51. The van der Waals surface area contributed by atoms with E-state index in [1.807, 2.05) is 18.2 Å². The van der Waals surface area contributed by atoms with Gasteiger partial charge in [0.2, 0.25) is 11.8 Å². The lowest BCUT2D eigenvalue weighted by atomic mass is 9.98. The fraction of sp³-hybridized carbons (Fsp3) is 0.450. The van der Waals surface area contributed by atoms with Crippen LogP contribution in [0.25, 0.3) is 0 Å². The smallest absolute Gasteiger partial charge is 0.245 e. The molecule has 154 valence electrons. The number of carbonyl (C=O) groups is 2. The Balaban J connectivity index is 1.41. The number of likely N-dealkylation sites (tertiary alicyclic amines) is 1. The van der Waals surface area contributed by atoms with Gasteiger partial charge in [0, 0.05) is 31.4 Å². The second kappa shape index (κ2) is 8.52. The molecule has 2 saturated heterocycles. The molecular weight excluding hydrogens is 378 g/mol. The van der Waals surface area contributed by atoms with E-state index in [1.54, 1.807) is 18.1 Å². The first-order chi connectivity index (χ1) is 14.1. The summed E-state index contributed by atoms with van der Waals surface area (Å²) in [5.74, 6) is 1.23. The largest absolute Gasteiger partial charge is 0.493 e. The minimum absolute atomic E-state index is 0.00100. The Kier molecular flexibility index (Phi) is 5.66. The molecule has 29 heavy (non-hydrogen) atoms. The fourth-order valence-corrected chi connectivity index (χ4v) is 3.61. The normalized spacial score (nSPS) is 21.4. The van der Waals surface area contributed by atoms with Crippen LogP contribution < -0.4 is 14.8 Å². The Bertz CT molecular complexity index is 863. The number of hydrogen-bond acceptors (Lipinski definition) is 7. The Labute approximate surface area is 167 Å². The molecule has 0 aliphatic carbocycles. The van der Waals surface area contributed by atoms with Crippen molar-refractivity contribution in [2.24, 2.45) is 0 Å². The van der Waals surface area contributed by atoms with Crippen molar-refractivity contribution in [3.8, 4) is 11.5 Å². The molecule has 4 rings (SSSR count). The second-order valence-electron chi connectivity index (χ2n) is 7.12. The zero-order valence-electron chi connectivity index (χ0n) is 16.1. The molecule has 3 heterocycles. The van der Waals surface area contributed by atoms with Crippen LogP contribution >= 0.6 is 0 Å². The SMILES string of the molecule is COc1ccc(C2CC(=O)N(CC(=O)Nc3ccon3)C2)cc1OC1CCOC1. The first kappa shape index (κ1) is 19.3. The Morgan fingerprint density at radius 3 is 2.97 bits per heavy atom. The van der Waals surface area contributed by atoms with E-state index in [1.165, 1.54) is 6.26 Å². The van der Waals surface area contributed by atoms with Gasteiger partial charge in [-0.25, -0.2) is 0 Å². The third-order valence-electron chi connectivity index (χ3n) is 5.09. The Morgan fingerprint density at radius 2 is 2.24 bits per heavy atom. The van der Waals surface area contributed by atoms with Gasteiger partial charge in [0.25, 0.3) is 0 Å². The van der Waals surface area contributed by atoms with E-state index < -0.39 is 0 Å². The van der Waals surface area contributed by atoms with Crippen LogP contribution in [0.2, 0.25) is 0 Å². The number of methoxy groups -OCH3 is 1. The number of ether oxygens (including phenoxy) is 3. The van der Waals surface area contributed by atoms with Gasteiger partial charge in [0.1, 0.15) is 12.4 Å². The van der Waals surface area contributed by atoms with Crippen molar-refractivity contribution in [2.75, 3.05) is 38.7 Å². The molecule has 1 N–H and O–H groups in total. The Hall–Kier alpha value is -3.07. The minimum atomic E-state index is -0.312. The summed E-state index contributed by atoms with van der Waals surface area (Å²) in [5.41, 5.74) is 0.979. The van der Waals surface area contributed by atoms with Crippen LogP contribution in [-0.2, 0) is 14.3 Å². The highest BCUT2D eigenvalue weighted by Crippen LogP contribution is 2.36. The number of nitrogens with zero attached hydrogens (tertiary/aromatic N) is 2. The van der Waals surface area contributed by atoms with Crippen molar-refractivity contribution in [1.29, 1.82) is 0 Å². The van der Waals surface area contributed by atoms with Crippen LogP contribution in [0, 0.1) is 0 Å². The average Bonchev–Trinajstić information content (AvgIpc) is 3.46. The number of aromatic nitrogens is 1. The fourth-order valence-electron chi connectivity index (χ4n) is 3.61. The molecule has 1 aromatic carbocycles. The summed E-state index contributed by atoms with van der Waals surface area (Å²) in [5, 5.41) is 6.24. The molecule has 9 nitrogen and oxygen atoms in total. The number of anilines is 1. The Morgan fingerprint density at radius 1 is 1.34 bits per heavy atom. The maximum absolute atomic E-state index is 12.4. The number of rotatable bonds is 7. The van der Waals surface area contributed by atoms with Gasteiger partial charge in [-0.15, -0.1) is 0 Å². The topological polar surface area (TPSA) is 103 Å². The summed E-state index contributed by atoms with van der Waals surface area (Å²) in [6.45, 7) is 1.68. The zero-order valence-corrected chi connectivity index (χ0v) is 16.1. The molecule has 9 heteroatoms.